The highest BCUT2D eigenvalue weighted by Gasteiger charge is 2.15. The molecule has 0 aliphatic rings. The van der Waals surface area contributed by atoms with Crippen molar-refractivity contribution in [1.82, 2.24) is 10.0 Å². The molecular formula is C13H24N2O3S. The van der Waals surface area contributed by atoms with Gasteiger partial charge in [0.15, 0.2) is 0 Å². The highest BCUT2D eigenvalue weighted by atomic mass is 32.2. The molecule has 19 heavy (non-hydrogen) atoms. The molecule has 0 aliphatic carbocycles. The molecule has 1 rings (SSSR count). The molecule has 5 nitrogen and oxygen atoms in total. The van der Waals surface area contributed by atoms with Gasteiger partial charge in [0.2, 0.25) is 10.0 Å². The largest absolute Gasteiger partial charge is 0.469 e. The summed E-state index contributed by atoms with van der Waals surface area (Å²) in [5, 5.41) is 3.18. The van der Waals surface area contributed by atoms with Gasteiger partial charge in [-0.2, -0.15) is 0 Å². The number of hydrogen-bond acceptors (Lipinski definition) is 4. The number of rotatable bonds is 10. The van der Waals surface area contributed by atoms with Crippen LogP contribution in [0.5, 0.6) is 0 Å². The molecule has 1 aromatic heterocycles. The summed E-state index contributed by atoms with van der Waals surface area (Å²) >= 11 is 0. The zero-order valence-electron chi connectivity index (χ0n) is 11.7. The molecule has 1 aromatic rings. The normalized spacial score (nSPS) is 13.6. The maximum Gasteiger partial charge on any atom is 0.211 e. The van der Waals surface area contributed by atoms with Crippen molar-refractivity contribution in [1.29, 1.82) is 0 Å². The average molecular weight is 288 g/mol. The Morgan fingerprint density at radius 1 is 1.37 bits per heavy atom. The molecule has 6 heteroatoms. The van der Waals surface area contributed by atoms with E-state index in [1.807, 2.05) is 19.9 Å². The third-order valence-electron chi connectivity index (χ3n) is 2.73. The van der Waals surface area contributed by atoms with Crippen LogP contribution in [-0.2, 0) is 16.4 Å². The highest BCUT2D eigenvalue weighted by Crippen LogP contribution is 2.05. The lowest BCUT2D eigenvalue weighted by Gasteiger charge is -2.13. The topological polar surface area (TPSA) is 71.3 Å². The summed E-state index contributed by atoms with van der Waals surface area (Å²) < 4.78 is 31.6. The van der Waals surface area contributed by atoms with Crippen molar-refractivity contribution in [2.24, 2.45) is 0 Å². The second-order valence-electron chi connectivity index (χ2n) is 4.68. The Hall–Kier alpha value is -0.850. The van der Waals surface area contributed by atoms with Crippen LogP contribution in [-0.4, -0.2) is 33.3 Å². The van der Waals surface area contributed by atoms with Crippen LogP contribution in [0.1, 0.15) is 32.4 Å². The fourth-order valence-corrected chi connectivity index (χ4v) is 3.25. The van der Waals surface area contributed by atoms with Crippen molar-refractivity contribution in [3.8, 4) is 0 Å². The van der Waals surface area contributed by atoms with Gasteiger partial charge < -0.3 is 9.73 Å². The number of unbranched alkanes of at least 4 members (excludes halogenated alkanes) is 1. The number of hydrogen-bond donors (Lipinski definition) is 2. The molecule has 0 bridgehead atoms. The molecule has 0 amide bonds. The minimum Gasteiger partial charge on any atom is -0.469 e. The second-order valence-corrected chi connectivity index (χ2v) is 6.56. The molecule has 0 aromatic carbocycles. The molecule has 1 heterocycles. The minimum absolute atomic E-state index is 0.148. The van der Waals surface area contributed by atoms with Gasteiger partial charge in [-0.05, 0) is 45.0 Å². The van der Waals surface area contributed by atoms with Crippen LogP contribution in [0, 0.1) is 0 Å². The maximum absolute atomic E-state index is 11.8. The van der Waals surface area contributed by atoms with E-state index in [4.69, 9.17) is 4.42 Å². The van der Waals surface area contributed by atoms with E-state index in [2.05, 4.69) is 10.0 Å². The lowest BCUT2D eigenvalue weighted by Crippen LogP contribution is -2.35. The summed E-state index contributed by atoms with van der Waals surface area (Å²) in [6.07, 6.45) is 3.72. The number of furan rings is 1. The highest BCUT2D eigenvalue weighted by molar-refractivity contribution is 7.89. The maximum atomic E-state index is 11.8. The van der Waals surface area contributed by atoms with E-state index in [1.165, 1.54) is 0 Å². The molecule has 110 valence electrons. The van der Waals surface area contributed by atoms with Crippen LogP contribution in [0.3, 0.4) is 0 Å². The molecular weight excluding hydrogens is 264 g/mol. The lowest BCUT2D eigenvalue weighted by atomic mass is 10.2. The van der Waals surface area contributed by atoms with Crippen LogP contribution >= 0.6 is 0 Å². The van der Waals surface area contributed by atoms with Crippen LogP contribution in [0.15, 0.2) is 22.8 Å². The van der Waals surface area contributed by atoms with Crippen LogP contribution in [0.25, 0.3) is 0 Å². The third-order valence-corrected chi connectivity index (χ3v) is 4.32. The Morgan fingerprint density at radius 3 is 2.79 bits per heavy atom. The third kappa shape index (κ3) is 7.34. The minimum atomic E-state index is -3.19. The monoisotopic (exact) mass is 288 g/mol. The quantitative estimate of drug-likeness (QED) is 0.640. The lowest BCUT2D eigenvalue weighted by molar-refractivity contribution is 0.478. The average Bonchev–Trinajstić information content (AvgIpc) is 2.80. The molecule has 1 unspecified atom stereocenters. The first-order chi connectivity index (χ1) is 9.03. The molecule has 0 fully saturated rings. The van der Waals surface area contributed by atoms with Crippen LogP contribution in [0.2, 0.25) is 0 Å². The summed E-state index contributed by atoms with van der Waals surface area (Å²) in [6.45, 7) is 5.67. The summed E-state index contributed by atoms with van der Waals surface area (Å²) in [4.78, 5) is 0. The van der Waals surface area contributed by atoms with E-state index in [0.29, 0.717) is 12.8 Å². The Bertz CT molecular complexity index is 429. The molecule has 0 spiro atoms. The van der Waals surface area contributed by atoms with Gasteiger partial charge >= 0.3 is 0 Å². The Balaban J connectivity index is 2.25. The van der Waals surface area contributed by atoms with E-state index in [0.717, 1.165) is 25.3 Å². The summed E-state index contributed by atoms with van der Waals surface area (Å²) in [5.74, 6) is 0.975. The number of sulfonamides is 1. The number of nitrogens with one attached hydrogen (secondary N) is 2. The van der Waals surface area contributed by atoms with Crippen molar-refractivity contribution in [2.75, 3.05) is 18.8 Å². The molecule has 0 aliphatic heterocycles. The Morgan fingerprint density at radius 2 is 2.16 bits per heavy atom. The smallest absolute Gasteiger partial charge is 0.211 e. The van der Waals surface area contributed by atoms with Gasteiger partial charge in [-0.1, -0.05) is 6.92 Å². The van der Waals surface area contributed by atoms with Gasteiger partial charge in [0, 0.05) is 12.5 Å². The predicted octanol–water partition coefficient (Wildman–Crippen LogP) is 1.52. The molecule has 0 saturated carbocycles. The molecule has 0 saturated heterocycles. The van der Waals surface area contributed by atoms with Gasteiger partial charge in [-0.3, -0.25) is 0 Å². The summed E-state index contributed by atoms with van der Waals surface area (Å²) in [6, 6.07) is 3.50. The summed E-state index contributed by atoms with van der Waals surface area (Å²) in [5.41, 5.74) is 0. The van der Waals surface area contributed by atoms with Crippen molar-refractivity contribution < 1.29 is 12.8 Å². The summed E-state index contributed by atoms with van der Waals surface area (Å²) in [7, 11) is -3.19. The fraction of sp³-hybridized carbons (Fsp3) is 0.692. The van der Waals surface area contributed by atoms with Crippen molar-refractivity contribution >= 4 is 10.0 Å². The second kappa shape index (κ2) is 8.35. The van der Waals surface area contributed by atoms with Gasteiger partial charge in [-0.25, -0.2) is 13.1 Å². The fourth-order valence-electron chi connectivity index (χ4n) is 1.86. The first-order valence-corrected chi connectivity index (χ1v) is 8.42. The SMILES string of the molecule is CCNCCCCS(=O)(=O)NC(C)Cc1ccco1. The zero-order valence-corrected chi connectivity index (χ0v) is 12.5. The Labute approximate surface area is 115 Å². The zero-order chi connectivity index (χ0) is 14.1. The van der Waals surface area contributed by atoms with Crippen LogP contribution in [0.4, 0.5) is 0 Å². The molecule has 1 atom stereocenters. The van der Waals surface area contributed by atoms with Crippen molar-refractivity contribution in [3.05, 3.63) is 24.2 Å². The van der Waals surface area contributed by atoms with E-state index in [9.17, 15) is 8.42 Å². The van der Waals surface area contributed by atoms with E-state index >= 15 is 0 Å². The first-order valence-electron chi connectivity index (χ1n) is 6.76. The first kappa shape index (κ1) is 16.2. The van der Waals surface area contributed by atoms with E-state index in [-0.39, 0.29) is 11.8 Å². The molecule has 2 N–H and O–H groups in total. The van der Waals surface area contributed by atoms with E-state index < -0.39 is 10.0 Å². The van der Waals surface area contributed by atoms with Gasteiger partial charge in [-0.15, -0.1) is 0 Å². The van der Waals surface area contributed by atoms with Gasteiger partial charge in [0.1, 0.15) is 5.76 Å². The Kier molecular flexibility index (Phi) is 7.12. The van der Waals surface area contributed by atoms with Crippen molar-refractivity contribution in [2.45, 2.75) is 39.2 Å². The van der Waals surface area contributed by atoms with E-state index in [1.54, 1.807) is 12.3 Å². The van der Waals surface area contributed by atoms with Crippen LogP contribution < -0.4 is 10.0 Å². The molecule has 0 radical (unpaired) electrons. The van der Waals surface area contributed by atoms with Gasteiger partial charge in [0.05, 0.1) is 12.0 Å². The van der Waals surface area contributed by atoms with Gasteiger partial charge in [0.25, 0.3) is 0 Å². The van der Waals surface area contributed by atoms with Crippen molar-refractivity contribution in [3.63, 3.8) is 0 Å². The standard InChI is InChI=1S/C13H24N2O3S/c1-3-14-8-4-5-10-19(16,17)15-12(2)11-13-7-6-9-18-13/h6-7,9,12,14-15H,3-5,8,10-11H2,1-2H3. The predicted molar refractivity (Wildman–Crippen MR) is 76.6 cm³/mol.